The van der Waals surface area contributed by atoms with Crippen molar-refractivity contribution >= 4 is 22.6 Å². The molecule has 0 saturated heterocycles. The Labute approximate surface area is 125 Å². The first-order valence-corrected chi connectivity index (χ1v) is 6.44. The normalized spacial score (nSPS) is 10.8. The zero-order valence-corrected chi connectivity index (χ0v) is 12.3. The van der Waals surface area contributed by atoms with Gasteiger partial charge in [0.2, 0.25) is 0 Å². The van der Waals surface area contributed by atoms with Crippen LogP contribution >= 0.6 is 22.6 Å². The first-order valence-electron chi connectivity index (χ1n) is 5.36. The van der Waals surface area contributed by atoms with E-state index in [4.69, 9.17) is 4.74 Å². The number of nitrogens with zero attached hydrogens (tertiary/aromatic N) is 1. The second-order valence-corrected chi connectivity index (χ2v) is 4.94. The lowest BCUT2D eigenvalue weighted by Gasteiger charge is -2.07. The summed E-state index contributed by atoms with van der Waals surface area (Å²) in [5, 5.41) is 0. The Bertz CT molecular complexity index is 695. The maximum absolute atomic E-state index is 13.2. The molecule has 0 fully saturated rings. The minimum Gasteiger partial charge on any atom is -0.378 e. The van der Waals surface area contributed by atoms with E-state index in [-0.39, 0.29) is 18.0 Å². The molecule has 0 aliphatic carbocycles. The molecule has 1 aromatic carbocycles. The maximum atomic E-state index is 13.2. The van der Waals surface area contributed by atoms with Crippen LogP contribution in [0.4, 0.5) is 13.2 Å². The zero-order valence-electron chi connectivity index (χ0n) is 10.1. The fourth-order valence-corrected chi connectivity index (χ4v) is 1.98. The van der Waals surface area contributed by atoms with Crippen LogP contribution in [0.1, 0.15) is 5.69 Å². The number of hydrogen-bond donors (Lipinski definition) is 1. The fraction of sp³-hybridized carbons (Fsp3) is 0.167. The van der Waals surface area contributed by atoms with Crippen LogP contribution in [0.3, 0.4) is 0 Å². The maximum Gasteiger partial charge on any atom is 0.264 e. The van der Waals surface area contributed by atoms with E-state index >= 15 is 0 Å². The number of methoxy groups -OCH3 is 1. The topological polar surface area (TPSA) is 55.0 Å². The average Bonchev–Trinajstić information content (AvgIpc) is 2.40. The van der Waals surface area contributed by atoms with Crippen LogP contribution in [0.2, 0.25) is 0 Å². The highest BCUT2D eigenvalue weighted by molar-refractivity contribution is 14.1. The van der Waals surface area contributed by atoms with E-state index in [1.54, 1.807) is 22.6 Å². The lowest BCUT2D eigenvalue weighted by molar-refractivity contribution is 0.180. The summed E-state index contributed by atoms with van der Waals surface area (Å²) >= 11 is 1.79. The summed E-state index contributed by atoms with van der Waals surface area (Å²) in [6.45, 7) is 0.0708. The van der Waals surface area contributed by atoms with Gasteiger partial charge in [0.1, 0.15) is 9.39 Å². The van der Waals surface area contributed by atoms with Gasteiger partial charge in [0.05, 0.1) is 12.3 Å². The van der Waals surface area contributed by atoms with E-state index in [9.17, 15) is 18.0 Å². The standard InChI is InChI=1S/C12H8F3IN2O2/c1-20-4-8-10(16)12(19)18-11(17-8)5-2-6(13)9(15)7(14)3-5/h2-3H,4H2,1H3,(H,17,18,19). The predicted molar refractivity (Wildman–Crippen MR) is 73.6 cm³/mol. The molecule has 2 aromatic rings. The van der Waals surface area contributed by atoms with E-state index in [1.807, 2.05) is 0 Å². The molecule has 0 unspecified atom stereocenters. The van der Waals surface area contributed by atoms with Gasteiger partial charge in [-0.1, -0.05) is 0 Å². The molecular formula is C12H8F3IN2O2. The van der Waals surface area contributed by atoms with Gasteiger partial charge in [0, 0.05) is 12.7 Å². The molecule has 8 heteroatoms. The third kappa shape index (κ3) is 2.85. The molecule has 0 radical (unpaired) electrons. The summed E-state index contributed by atoms with van der Waals surface area (Å²) in [5.41, 5.74) is -0.197. The van der Waals surface area contributed by atoms with E-state index < -0.39 is 23.0 Å². The number of nitrogens with one attached hydrogen (secondary N) is 1. The average molecular weight is 396 g/mol. The molecule has 20 heavy (non-hydrogen) atoms. The smallest absolute Gasteiger partial charge is 0.264 e. The van der Waals surface area contributed by atoms with Crippen molar-refractivity contribution in [2.75, 3.05) is 7.11 Å². The van der Waals surface area contributed by atoms with Gasteiger partial charge < -0.3 is 9.72 Å². The van der Waals surface area contributed by atoms with Crippen molar-refractivity contribution in [1.82, 2.24) is 9.97 Å². The molecule has 0 bridgehead atoms. The number of aromatic nitrogens is 2. The summed E-state index contributed by atoms with van der Waals surface area (Å²) < 4.78 is 44.5. The Morgan fingerprint density at radius 3 is 2.45 bits per heavy atom. The molecule has 4 nitrogen and oxygen atoms in total. The predicted octanol–water partition coefficient (Wildman–Crippen LogP) is 2.61. The van der Waals surface area contributed by atoms with Crippen molar-refractivity contribution in [2.45, 2.75) is 6.61 Å². The first kappa shape index (κ1) is 15.0. The highest BCUT2D eigenvalue weighted by atomic mass is 127. The Morgan fingerprint density at radius 1 is 1.30 bits per heavy atom. The van der Waals surface area contributed by atoms with Crippen LogP contribution in [-0.2, 0) is 11.3 Å². The molecule has 0 atom stereocenters. The Hall–Kier alpha value is -1.42. The molecule has 0 aliphatic heterocycles. The number of benzene rings is 1. The summed E-state index contributed by atoms with van der Waals surface area (Å²) in [6.07, 6.45) is 0. The molecule has 1 heterocycles. The minimum atomic E-state index is -1.57. The number of hydrogen-bond acceptors (Lipinski definition) is 3. The van der Waals surface area contributed by atoms with Crippen LogP contribution in [0.15, 0.2) is 16.9 Å². The van der Waals surface area contributed by atoms with Crippen molar-refractivity contribution in [2.24, 2.45) is 0 Å². The van der Waals surface area contributed by atoms with Crippen LogP contribution in [0, 0.1) is 21.0 Å². The van der Waals surface area contributed by atoms with Gasteiger partial charge in [-0.2, -0.15) is 0 Å². The third-order valence-corrected chi connectivity index (χ3v) is 3.58. The van der Waals surface area contributed by atoms with Crippen molar-refractivity contribution in [1.29, 1.82) is 0 Å². The van der Waals surface area contributed by atoms with Crippen LogP contribution < -0.4 is 5.56 Å². The fourth-order valence-electron chi connectivity index (χ4n) is 1.57. The number of halogens is 4. The largest absolute Gasteiger partial charge is 0.378 e. The van der Waals surface area contributed by atoms with Crippen molar-refractivity contribution in [3.8, 4) is 11.4 Å². The van der Waals surface area contributed by atoms with Gasteiger partial charge in [-0.15, -0.1) is 0 Å². The number of rotatable bonds is 3. The second-order valence-electron chi connectivity index (χ2n) is 3.86. The van der Waals surface area contributed by atoms with Crippen LogP contribution in [-0.4, -0.2) is 17.1 Å². The second kappa shape index (κ2) is 5.92. The zero-order chi connectivity index (χ0) is 14.9. The molecule has 2 rings (SSSR count). The lowest BCUT2D eigenvalue weighted by Crippen LogP contribution is -2.17. The van der Waals surface area contributed by atoms with Crippen molar-refractivity contribution in [3.05, 3.63) is 49.2 Å². The van der Waals surface area contributed by atoms with Gasteiger partial charge in [0.15, 0.2) is 17.5 Å². The number of H-pyrrole nitrogens is 1. The van der Waals surface area contributed by atoms with Gasteiger partial charge >= 0.3 is 0 Å². The Balaban J connectivity index is 2.61. The van der Waals surface area contributed by atoms with Crippen LogP contribution in [0.5, 0.6) is 0 Å². The summed E-state index contributed by atoms with van der Waals surface area (Å²) in [5.74, 6) is -4.33. The van der Waals surface area contributed by atoms with E-state index in [0.717, 1.165) is 12.1 Å². The molecule has 106 valence electrons. The van der Waals surface area contributed by atoms with Gasteiger partial charge in [-0.25, -0.2) is 18.2 Å². The highest BCUT2D eigenvalue weighted by Crippen LogP contribution is 2.21. The molecule has 0 aliphatic rings. The Kier molecular flexibility index (Phi) is 4.43. The number of ether oxygens (including phenoxy) is 1. The van der Waals surface area contributed by atoms with Gasteiger partial charge in [0.25, 0.3) is 5.56 Å². The number of aromatic amines is 1. The SMILES string of the molecule is COCc1nc(-c2cc(F)c(F)c(F)c2)[nH]c(=O)c1I. The quantitative estimate of drug-likeness (QED) is 0.641. The summed E-state index contributed by atoms with van der Waals surface area (Å²) in [7, 11) is 1.43. The van der Waals surface area contributed by atoms with Crippen molar-refractivity contribution in [3.63, 3.8) is 0 Å². The highest BCUT2D eigenvalue weighted by Gasteiger charge is 2.15. The van der Waals surface area contributed by atoms with Gasteiger partial charge in [-0.3, -0.25) is 4.79 Å². The van der Waals surface area contributed by atoms with E-state index in [2.05, 4.69) is 9.97 Å². The Morgan fingerprint density at radius 2 is 1.90 bits per heavy atom. The molecule has 0 amide bonds. The van der Waals surface area contributed by atoms with Crippen LogP contribution in [0.25, 0.3) is 11.4 Å². The third-order valence-electron chi connectivity index (χ3n) is 2.47. The molecular weight excluding hydrogens is 388 g/mol. The minimum absolute atomic E-state index is 0.0553. The van der Waals surface area contributed by atoms with E-state index in [0.29, 0.717) is 9.26 Å². The molecule has 1 aromatic heterocycles. The first-order chi connectivity index (χ1) is 9.43. The van der Waals surface area contributed by atoms with Gasteiger partial charge in [-0.05, 0) is 34.7 Å². The monoisotopic (exact) mass is 396 g/mol. The molecule has 0 saturated carbocycles. The summed E-state index contributed by atoms with van der Waals surface area (Å²) in [4.78, 5) is 18.2. The molecule has 1 N–H and O–H groups in total. The lowest BCUT2D eigenvalue weighted by atomic mass is 10.2. The van der Waals surface area contributed by atoms with Crippen molar-refractivity contribution < 1.29 is 17.9 Å². The molecule has 0 spiro atoms. The van der Waals surface area contributed by atoms with E-state index in [1.165, 1.54) is 7.11 Å². The summed E-state index contributed by atoms with van der Waals surface area (Å²) in [6, 6.07) is 1.53.